The number of halogens is 2. The number of nitrogens with zero attached hydrogens (tertiary/aromatic N) is 1. The van der Waals surface area contributed by atoms with Gasteiger partial charge in [-0.1, -0.05) is 17.7 Å². The molecule has 94 valence electrons. The molecular weight excluding hydrogens is 255 g/mol. The number of hydrogen-bond acceptors (Lipinski definition) is 3. The number of anilines is 1. The highest BCUT2D eigenvalue weighted by Crippen LogP contribution is 2.18. The van der Waals surface area contributed by atoms with Gasteiger partial charge in [-0.2, -0.15) is 0 Å². The van der Waals surface area contributed by atoms with Gasteiger partial charge in [-0.05, 0) is 23.8 Å². The Morgan fingerprint density at radius 2 is 2.17 bits per heavy atom. The van der Waals surface area contributed by atoms with Crippen LogP contribution in [0.5, 0.6) is 0 Å². The van der Waals surface area contributed by atoms with Crippen molar-refractivity contribution >= 4 is 17.3 Å². The van der Waals surface area contributed by atoms with Gasteiger partial charge in [0.1, 0.15) is 5.82 Å². The molecule has 1 aromatic carbocycles. The van der Waals surface area contributed by atoms with Crippen molar-refractivity contribution in [2.75, 3.05) is 5.32 Å². The molecule has 3 nitrogen and oxygen atoms in total. The van der Waals surface area contributed by atoms with E-state index < -0.39 is 5.82 Å². The third-order valence-electron chi connectivity index (χ3n) is 2.55. The lowest BCUT2D eigenvalue weighted by atomic mass is 10.2. The van der Waals surface area contributed by atoms with Crippen LogP contribution in [0.3, 0.4) is 0 Å². The zero-order valence-electron chi connectivity index (χ0n) is 9.53. The molecule has 18 heavy (non-hydrogen) atoms. The highest BCUT2D eigenvalue weighted by Gasteiger charge is 2.03. The second-order valence-electron chi connectivity index (χ2n) is 3.79. The molecule has 0 unspecified atom stereocenters. The minimum Gasteiger partial charge on any atom is -0.392 e. The van der Waals surface area contributed by atoms with E-state index in [1.54, 1.807) is 30.6 Å². The van der Waals surface area contributed by atoms with Crippen molar-refractivity contribution in [1.82, 2.24) is 4.98 Å². The number of nitrogens with one attached hydrogen (secondary N) is 1. The molecule has 0 bridgehead atoms. The molecule has 5 heteroatoms. The fraction of sp³-hybridized carbons (Fsp3) is 0.154. The third-order valence-corrected chi connectivity index (χ3v) is 2.84. The van der Waals surface area contributed by atoms with Crippen molar-refractivity contribution in [2.45, 2.75) is 13.2 Å². The van der Waals surface area contributed by atoms with Gasteiger partial charge < -0.3 is 10.4 Å². The monoisotopic (exact) mass is 266 g/mol. The van der Waals surface area contributed by atoms with E-state index >= 15 is 0 Å². The van der Waals surface area contributed by atoms with Crippen LogP contribution >= 0.6 is 11.6 Å². The largest absolute Gasteiger partial charge is 0.392 e. The normalized spacial score (nSPS) is 10.4. The van der Waals surface area contributed by atoms with Crippen LogP contribution in [0.1, 0.15) is 11.1 Å². The second-order valence-corrected chi connectivity index (χ2v) is 4.20. The smallest absolute Gasteiger partial charge is 0.141 e. The Labute approximate surface area is 109 Å². The Morgan fingerprint density at radius 3 is 2.89 bits per heavy atom. The predicted molar refractivity (Wildman–Crippen MR) is 68.9 cm³/mol. The molecule has 0 saturated carbocycles. The van der Waals surface area contributed by atoms with Gasteiger partial charge in [0.25, 0.3) is 0 Å². The summed E-state index contributed by atoms with van der Waals surface area (Å²) in [5.74, 6) is -0.433. The molecule has 0 aliphatic carbocycles. The van der Waals surface area contributed by atoms with Crippen LogP contribution in [0.4, 0.5) is 10.1 Å². The summed E-state index contributed by atoms with van der Waals surface area (Å²) in [5, 5.41) is 12.4. The van der Waals surface area contributed by atoms with E-state index in [1.165, 1.54) is 6.07 Å². The van der Waals surface area contributed by atoms with Crippen LogP contribution in [0, 0.1) is 5.82 Å². The molecule has 0 fully saturated rings. The van der Waals surface area contributed by atoms with Gasteiger partial charge in [0.15, 0.2) is 0 Å². The van der Waals surface area contributed by atoms with Gasteiger partial charge in [-0.3, -0.25) is 4.98 Å². The van der Waals surface area contributed by atoms with Crippen molar-refractivity contribution < 1.29 is 9.50 Å². The first-order chi connectivity index (χ1) is 8.70. The van der Waals surface area contributed by atoms with E-state index in [2.05, 4.69) is 10.3 Å². The van der Waals surface area contributed by atoms with Crippen LogP contribution in [0.2, 0.25) is 5.02 Å². The maximum atomic E-state index is 13.0. The lowest BCUT2D eigenvalue weighted by Gasteiger charge is -2.10. The Morgan fingerprint density at radius 1 is 1.33 bits per heavy atom. The van der Waals surface area contributed by atoms with Crippen LogP contribution < -0.4 is 5.32 Å². The third kappa shape index (κ3) is 2.97. The van der Waals surface area contributed by atoms with E-state index in [0.717, 1.165) is 16.8 Å². The minimum atomic E-state index is -0.433. The molecule has 0 spiro atoms. The Hall–Kier alpha value is -1.65. The topological polar surface area (TPSA) is 45.2 Å². The summed E-state index contributed by atoms with van der Waals surface area (Å²) in [6, 6.07) is 6.29. The molecule has 2 rings (SSSR count). The van der Waals surface area contributed by atoms with Gasteiger partial charge in [0.2, 0.25) is 0 Å². The van der Waals surface area contributed by atoms with Gasteiger partial charge in [-0.15, -0.1) is 0 Å². The van der Waals surface area contributed by atoms with Crippen molar-refractivity contribution in [2.24, 2.45) is 0 Å². The molecule has 0 aliphatic heterocycles. The fourth-order valence-electron chi connectivity index (χ4n) is 1.57. The number of rotatable bonds is 4. The Balaban J connectivity index is 2.09. The van der Waals surface area contributed by atoms with Crippen molar-refractivity contribution in [1.29, 1.82) is 0 Å². The lowest BCUT2D eigenvalue weighted by molar-refractivity contribution is 0.282. The number of pyridine rings is 1. The summed E-state index contributed by atoms with van der Waals surface area (Å²) in [6.45, 7) is 0.424. The van der Waals surface area contributed by atoms with E-state index in [9.17, 15) is 4.39 Å². The zero-order chi connectivity index (χ0) is 13.0. The molecule has 2 N–H and O–H groups in total. The molecule has 0 saturated heterocycles. The Bertz CT molecular complexity index is 548. The van der Waals surface area contributed by atoms with Crippen LogP contribution in [-0.4, -0.2) is 10.1 Å². The molecule has 0 radical (unpaired) electrons. The van der Waals surface area contributed by atoms with Gasteiger partial charge in [0, 0.05) is 18.3 Å². The van der Waals surface area contributed by atoms with E-state index in [-0.39, 0.29) is 11.6 Å². The predicted octanol–water partition coefficient (Wildman–Crippen LogP) is 2.98. The molecule has 0 aliphatic rings. The maximum Gasteiger partial charge on any atom is 0.141 e. The summed E-state index contributed by atoms with van der Waals surface area (Å²) >= 11 is 5.70. The molecule has 1 heterocycles. The standard InChI is InChI=1S/C13H12ClFN2O/c14-11-5-9(1-2-12(11)15)6-17-13-7-16-4-3-10(13)8-18/h1-5,7,17-18H,6,8H2. The van der Waals surface area contributed by atoms with Crippen molar-refractivity contribution in [3.8, 4) is 0 Å². The van der Waals surface area contributed by atoms with E-state index in [1.807, 2.05) is 0 Å². The molecular formula is C13H12ClFN2O. The second kappa shape index (κ2) is 5.80. The molecule has 0 amide bonds. The highest BCUT2D eigenvalue weighted by atomic mass is 35.5. The van der Waals surface area contributed by atoms with Gasteiger partial charge >= 0.3 is 0 Å². The molecule has 0 atom stereocenters. The zero-order valence-corrected chi connectivity index (χ0v) is 10.3. The van der Waals surface area contributed by atoms with Gasteiger partial charge in [0.05, 0.1) is 23.5 Å². The van der Waals surface area contributed by atoms with Gasteiger partial charge in [-0.25, -0.2) is 4.39 Å². The van der Waals surface area contributed by atoms with E-state index in [4.69, 9.17) is 16.7 Å². The average molecular weight is 267 g/mol. The lowest BCUT2D eigenvalue weighted by Crippen LogP contribution is -2.03. The number of aliphatic hydroxyl groups is 1. The Kier molecular flexibility index (Phi) is 4.12. The average Bonchev–Trinajstić information content (AvgIpc) is 2.40. The minimum absolute atomic E-state index is 0.0605. The first kappa shape index (κ1) is 12.8. The van der Waals surface area contributed by atoms with E-state index in [0.29, 0.717) is 6.54 Å². The number of aromatic nitrogens is 1. The maximum absolute atomic E-state index is 13.0. The highest BCUT2D eigenvalue weighted by molar-refractivity contribution is 6.30. The fourth-order valence-corrected chi connectivity index (χ4v) is 1.77. The molecule has 2 aromatic rings. The SMILES string of the molecule is OCc1ccncc1NCc1ccc(F)c(Cl)c1. The number of hydrogen-bond donors (Lipinski definition) is 2. The summed E-state index contributed by atoms with van der Waals surface area (Å²) < 4.78 is 13.0. The summed E-state index contributed by atoms with van der Waals surface area (Å²) in [5.41, 5.74) is 2.37. The van der Waals surface area contributed by atoms with Crippen molar-refractivity contribution in [3.05, 3.63) is 58.6 Å². The molecule has 1 aromatic heterocycles. The first-order valence-electron chi connectivity index (χ1n) is 5.42. The quantitative estimate of drug-likeness (QED) is 0.894. The summed E-state index contributed by atoms with van der Waals surface area (Å²) in [7, 11) is 0. The van der Waals surface area contributed by atoms with Crippen LogP contribution in [0.15, 0.2) is 36.7 Å². The number of benzene rings is 1. The summed E-state index contributed by atoms with van der Waals surface area (Å²) in [6.07, 6.45) is 3.25. The number of aliphatic hydroxyl groups excluding tert-OH is 1. The van der Waals surface area contributed by atoms with Crippen LogP contribution in [0.25, 0.3) is 0 Å². The van der Waals surface area contributed by atoms with Crippen LogP contribution in [-0.2, 0) is 13.2 Å². The van der Waals surface area contributed by atoms with Crippen molar-refractivity contribution in [3.63, 3.8) is 0 Å². The first-order valence-corrected chi connectivity index (χ1v) is 5.80. The summed E-state index contributed by atoms with van der Waals surface area (Å²) in [4.78, 5) is 3.98.